The molecule has 1 N–H and O–H groups in total. The molecule has 1 fully saturated rings. The number of carbonyl (C=O) groups excluding carboxylic acids is 2. The molecular weight excluding hydrogens is 542 g/mol. The van der Waals surface area contributed by atoms with Crippen molar-refractivity contribution in [3.8, 4) is 17.2 Å². The lowest BCUT2D eigenvalue weighted by Gasteiger charge is -2.26. The number of rotatable bonds is 9. The Morgan fingerprint density at radius 2 is 1.60 bits per heavy atom. The lowest BCUT2D eigenvalue weighted by molar-refractivity contribution is -0.140. The highest BCUT2D eigenvalue weighted by Crippen LogP contribution is 2.43. The number of fused-ring (bicyclic) bond motifs is 1. The Labute approximate surface area is 250 Å². The molecule has 218 valence electrons. The number of nitrogens with zero attached hydrogens (tertiary/aromatic N) is 1. The van der Waals surface area contributed by atoms with Gasteiger partial charge in [-0.2, -0.15) is 0 Å². The van der Waals surface area contributed by atoms with Crippen molar-refractivity contribution < 1.29 is 28.9 Å². The lowest BCUT2D eigenvalue weighted by atomic mass is 9.94. The van der Waals surface area contributed by atoms with Crippen LogP contribution in [0.4, 0.5) is 0 Å². The van der Waals surface area contributed by atoms with Gasteiger partial charge in [0.05, 0.1) is 18.2 Å². The molecule has 1 saturated heterocycles. The second-order valence-electron chi connectivity index (χ2n) is 10.8. The number of ether oxygens (including phenoxy) is 3. The molecule has 43 heavy (non-hydrogen) atoms. The second-order valence-corrected chi connectivity index (χ2v) is 10.8. The fourth-order valence-corrected chi connectivity index (χ4v) is 5.71. The summed E-state index contributed by atoms with van der Waals surface area (Å²) in [6, 6.07) is 29.2. The molecule has 1 amide bonds. The Kier molecular flexibility index (Phi) is 7.88. The average Bonchev–Trinajstić information content (AvgIpc) is 3.52. The highest BCUT2D eigenvalue weighted by atomic mass is 16.5. The number of hydrogen-bond donors (Lipinski definition) is 1. The number of hydrogen-bond acceptors (Lipinski definition) is 6. The van der Waals surface area contributed by atoms with E-state index in [1.54, 1.807) is 24.3 Å². The summed E-state index contributed by atoms with van der Waals surface area (Å²) in [5.74, 6) is 0.176. The van der Waals surface area contributed by atoms with Crippen LogP contribution in [0.15, 0.2) is 103 Å². The summed E-state index contributed by atoms with van der Waals surface area (Å²) in [6.07, 6.45) is 0.730. The summed E-state index contributed by atoms with van der Waals surface area (Å²) in [5, 5.41) is 11.6. The molecule has 7 nitrogen and oxygen atoms in total. The molecule has 0 aliphatic carbocycles. The maximum Gasteiger partial charge on any atom is 0.295 e. The quantitative estimate of drug-likeness (QED) is 0.137. The number of carbonyl (C=O) groups is 2. The number of Topliss-reactive ketones (excluding diaryl/α,β-unsaturated/α-hetero) is 1. The van der Waals surface area contributed by atoms with Gasteiger partial charge in [0.2, 0.25) is 0 Å². The van der Waals surface area contributed by atoms with E-state index >= 15 is 0 Å². The summed E-state index contributed by atoms with van der Waals surface area (Å²) >= 11 is 0. The predicted octanol–water partition coefficient (Wildman–Crippen LogP) is 6.61. The standard InChI is InChI=1S/C36H33NO6/c1-3-41-31-20-26(14-17-30(31)42-22-25-12-8-5-9-13-25)33-32(34(38)27-15-16-29-28(19-27)18-23(2)43-29)35(39)36(40)37(33)21-24-10-6-4-7-11-24/h4-17,19-20,23,33,38H,3,18,21-22H2,1-2H3/b34-32+/t23-,33+/m1/s1. The van der Waals surface area contributed by atoms with E-state index in [0.717, 1.165) is 22.4 Å². The van der Waals surface area contributed by atoms with Crippen LogP contribution in [0, 0.1) is 0 Å². The zero-order valence-corrected chi connectivity index (χ0v) is 24.2. The van der Waals surface area contributed by atoms with Gasteiger partial charge in [-0.05, 0) is 66.4 Å². The van der Waals surface area contributed by atoms with Gasteiger partial charge in [-0.1, -0.05) is 66.7 Å². The summed E-state index contributed by atoms with van der Waals surface area (Å²) < 4.78 is 17.9. The van der Waals surface area contributed by atoms with Gasteiger partial charge in [-0.25, -0.2) is 0 Å². The van der Waals surface area contributed by atoms with Gasteiger partial charge in [0.1, 0.15) is 24.2 Å². The highest BCUT2D eigenvalue weighted by Gasteiger charge is 2.46. The molecule has 0 unspecified atom stereocenters. The summed E-state index contributed by atoms with van der Waals surface area (Å²) in [7, 11) is 0. The zero-order chi connectivity index (χ0) is 29.9. The van der Waals surface area contributed by atoms with E-state index in [9.17, 15) is 14.7 Å². The third kappa shape index (κ3) is 5.71. The lowest BCUT2D eigenvalue weighted by Crippen LogP contribution is -2.29. The molecule has 2 aliphatic heterocycles. The largest absolute Gasteiger partial charge is 0.507 e. The third-order valence-corrected chi connectivity index (χ3v) is 7.73. The monoisotopic (exact) mass is 575 g/mol. The van der Waals surface area contributed by atoms with E-state index in [4.69, 9.17) is 14.2 Å². The molecular formula is C36H33NO6. The molecule has 0 aromatic heterocycles. The van der Waals surface area contributed by atoms with Crippen LogP contribution in [0.3, 0.4) is 0 Å². The molecule has 4 aromatic carbocycles. The van der Waals surface area contributed by atoms with E-state index in [1.807, 2.05) is 86.6 Å². The number of benzene rings is 4. The van der Waals surface area contributed by atoms with Crippen LogP contribution in [0.5, 0.6) is 17.2 Å². The minimum atomic E-state index is -0.842. The van der Waals surface area contributed by atoms with Crippen molar-refractivity contribution in [2.75, 3.05) is 6.61 Å². The molecule has 6 rings (SSSR count). The van der Waals surface area contributed by atoms with Crippen LogP contribution in [0.1, 0.15) is 47.7 Å². The van der Waals surface area contributed by atoms with E-state index in [-0.39, 0.29) is 24.0 Å². The highest BCUT2D eigenvalue weighted by molar-refractivity contribution is 6.46. The fourth-order valence-electron chi connectivity index (χ4n) is 5.71. The van der Waals surface area contributed by atoms with Crippen LogP contribution in [0.25, 0.3) is 5.76 Å². The smallest absolute Gasteiger partial charge is 0.295 e. The van der Waals surface area contributed by atoms with Gasteiger partial charge in [-0.15, -0.1) is 0 Å². The van der Waals surface area contributed by atoms with Crippen LogP contribution in [-0.2, 0) is 29.2 Å². The Hall–Kier alpha value is -5.04. The Morgan fingerprint density at radius 3 is 2.33 bits per heavy atom. The van der Waals surface area contributed by atoms with Crippen molar-refractivity contribution in [3.63, 3.8) is 0 Å². The van der Waals surface area contributed by atoms with E-state index in [1.165, 1.54) is 4.90 Å². The molecule has 0 radical (unpaired) electrons. The van der Waals surface area contributed by atoms with Crippen molar-refractivity contribution in [2.45, 2.75) is 45.6 Å². The van der Waals surface area contributed by atoms with E-state index < -0.39 is 17.7 Å². The minimum absolute atomic E-state index is 0.0310. The molecule has 0 bridgehead atoms. The Morgan fingerprint density at radius 1 is 0.884 bits per heavy atom. The predicted molar refractivity (Wildman–Crippen MR) is 163 cm³/mol. The normalized spacial score (nSPS) is 18.8. The molecule has 2 atom stereocenters. The SMILES string of the molecule is CCOc1cc([C@H]2/C(=C(\O)c3ccc4c(c3)C[C@@H](C)O4)C(=O)C(=O)N2Cc2ccccc2)ccc1OCc1ccccc1. The van der Waals surface area contributed by atoms with E-state index in [0.29, 0.717) is 42.3 Å². The van der Waals surface area contributed by atoms with Crippen LogP contribution in [-0.4, -0.2) is 34.4 Å². The van der Waals surface area contributed by atoms with Gasteiger partial charge in [0, 0.05) is 18.5 Å². The second kappa shape index (κ2) is 12.1. The first-order chi connectivity index (χ1) is 20.9. The molecule has 7 heteroatoms. The van der Waals surface area contributed by atoms with Crippen molar-refractivity contribution in [2.24, 2.45) is 0 Å². The molecule has 4 aromatic rings. The molecule has 0 saturated carbocycles. The number of aliphatic hydroxyl groups is 1. The third-order valence-electron chi connectivity index (χ3n) is 7.73. The zero-order valence-electron chi connectivity index (χ0n) is 24.2. The fraction of sp³-hybridized carbons (Fsp3) is 0.222. The van der Waals surface area contributed by atoms with Gasteiger partial charge in [0.15, 0.2) is 11.5 Å². The Balaban J connectivity index is 1.43. The average molecular weight is 576 g/mol. The maximum atomic E-state index is 13.6. The number of ketones is 1. The maximum absolute atomic E-state index is 13.6. The number of likely N-dealkylation sites (tertiary alicyclic amines) is 1. The summed E-state index contributed by atoms with van der Waals surface area (Å²) in [4.78, 5) is 28.7. The van der Waals surface area contributed by atoms with E-state index in [2.05, 4.69) is 0 Å². The number of amides is 1. The van der Waals surface area contributed by atoms with Gasteiger partial charge in [0.25, 0.3) is 11.7 Å². The van der Waals surface area contributed by atoms with Crippen LogP contribution in [0.2, 0.25) is 0 Å². The first-order valence-corrected chi connectivity index (χ1v) is 14.5. The Bertz CT molecular complexity index is 1680. The van der Waals surface area contributed by atoms with Crippen LogP contribution >= 0.6 is 0 Å². The van der Waals surface area contributed by atoms with Gasteiger partial charge in [-0.3, -0.25) is 9.59 Å². The molecule has 0 spiro atoms. The van der Waals surface area contributed by atoms with Crippen molar-refractivity contribution in [1.29, 1.82) is 0 Å². The first-order valence-electron chi connectivity index (χ1n) is 14.5. The van der Waals surface area contributed by atoms with Gasteiger partial charge >= 0.3 is 0 Å². The van der Waals surface area contributed by atoms with Crippen molar-refractivity contribution in [3.05, 3.63) is 130 Å². The minimum Gasteiger partial charge on any atom is -0.507 e. The molecule has 2 aliphatic rings. The summed E-state index contributed by atoms with van der Waals surface area (Å²) in [5.41, 5.74) is 3.96. The topological polar surface area (TPSA) is 85.3 Å². The van der Waals surface area contributed by atoms with Crippen molar-refractivity contribution >= 4 is 17.4 Å². The number of aliphatic hydroxyl groups excluding tert-OH is 1. The van der Waals surface area contributed by atoms with Crippen molar-refractivity contribution in [1.82, 2.24) is 4.90 Å². The first kappa shape index (κ1) is 28.1. The van der Waals surface area contributed by atoms with Crippen LogP contribution < -0.4 is 14.2 Å². The summed E-state index contributed by atoms with van der Waals surface area (Å²) in [6.45, 7) is 4.81. The van der Waals surface area contributed by atoms with Gasteiger partial charge < -0.3 is 24.2 Å². The molecule has 2 heterocycles.